The van der Waals surface area contributed by atoms with Crippen LogP contribution in [0.5, 0.6) is 11.5 Å². The Hall–Kier alpha value is -3.84. The minimum absolute atomic E-state index is 0.126. The van der Waals surface area contributed by atoms with Gasteiger partial charge in [0.15, 0.2) is 0 Å². The molecule has 190 valence electrons. The highest BCUT2D eigenvalue weighted by Gasteiger charge is 2.30. The molecule has 0 bridgehead atoms. The molecule has 0 aliphatic heterocycles. The second-order valence-corrected chi connectivity index (χ2v) is 10.3. The number of hydrogen-bond donors (Lipinski definition) is 3. The number of H-pyrrole nitrogens is 2. The predicted octanol–water partition coefficient (Wildman–Crippen LogP) is 6.57. The predicted molar refractivity (Wildman–Crippen MR) is 151 cm³/mol. The highest BCUT2D eigenvalue weighted by Crippen LogP contribution is 2.43. The van der Waals surface area contributed by atoms with Crippen molar-refractivity contribution in [3.05, 3.63) is 89.7 Å². The van der Waals surface area contributed by atoms with E-state index in [1.807, 2.05) is 67.0 Å². The standard InChI is InChI=1S/C30H31N3O3S/c1-4-37-29-8-6-5-7-20(29)24(30(31)34)15-21(25-16-32-27-11-9-18(35-2)13-22(25)27)26-17-33-28-12-10-19(36-3)14-23(26)28/h5-14,16-17,21,24,32-33H,4,15H2,1-3H3,(H2,31,34). The molecule has 3 aromatic carbocycles. The number of amides is 1. The van der Waals surface area contributed by atoms with Crippen molar-refractivity contribution in [3.63, 3.8) is 0 Å². The summed E-state index contributed by atoms with van der Waals surface area (Å²) < 4.78 is 11.1. The molecule has 2 aromatic heterocycles. The maximum absolute atomic E-state index is 13.0. The van der Waals surface area contributed by atoms with Gasteiger partial charge in [-0.3, -0.25) is 4.79 Å². The molecule has 7 heteroatoms. The second-order valence-electron chi connectivity index (χ2n) is 9.03. The number of benzene rings is 3. The number of primary amides is 1. The number of carbonyl (C=O) groups is 1. The van der Waals surface area contributed by atoms with E-state index >= 15 is 0 Å². The molecule has 1 atom stereocenters. The molecule has 0 spiro atoms. The second kappa shape index (κ2) is 10.6. The van der Waals surface area contributed by atoms with E-state index in [4.69, 9.17) is 15.2 Å². The average molecular weight is 514 g/mol. The van der Waals surface area contributed by atoms with Crippen LogP contribution in [0.4, 0.5) is 0 Å². The lowest BCUT2D eigenvalue weighted by molar-refractivity contribution is -0.119. The van der Waals surface area contributed by atoms with Gasteiger partial charge in [0.25, 0.3) is 0 Å². The summed E-state index contributed by atoms with van der Waals surface area (Å²) in [6.07, 6.45) is 4.60. The first-order valence-corrected chi connectivity index (χ1v) is 13.3. The van der Waals surface area contributed by atoms with Crippen LogP contribution >= 0.6 is 11.8 Å². The maximum atomic E-state index is 13.0. The number of carbonyl (C=O) groups excluding carboxylic acids is 1. The highest BCUT2D eigenvalue weighted by atomic mass is 32.2. The van der Waals surface area contributed by atoms with Gasteiger partial charge in [-0.15, -0.1) is 11.8 Å². The van der Waals surface area contributed by atoms with Crippen molar-refractivity contribution in [2.45, 2.75) is 30.1 Å². The van der Waals surface area contributed by atoms with E-state index in [1.165, 1.54) is 0 Å². The van der Waals surface area contributed by atoms with Crippen molar-refractivity contribution in [2.24, 2.45) is 5.73 Å². The molecule has 0 aliphatic carbocycles. The van der Waals surface area contributed by atoms with E-state index in [0.29, 0.717) is 6.42 Å². The molecule has 1 unspecified atom stereocenters. The van der Waals surface area contributed by atoms with Crippen LogP contribution in [0, 0.1) is 0 Å². The van der Waals surface area contributed by atoms with Crippen LogP contribution in [0.3, 0.4) is 0 Å². The lowest BCUT2D eigenvalue weighted by Gasteiger charge is -2.24. The van der Waals surface area contributed by atoms with Gasteiger partial charge in [0.1, 0.15) is 11.5 Å². The van der Waals surface area contributed by atoms with Crippen LogP contribution < -0.4 is 15.2 Å². The van der Waals surface area contributed by atoms with Crippen molar-refractivity contribution in [3.8, 4) is 11.5 Å². The fourth-order valence-corrected chi connectivity index (χ4v) is 6.04. The van der Waals surface area contributed by atoms with Gasteiger partial charge in [0.2, 0.25) is 5.91 Å². The van der Waals surface area contributed by atoms with Crippen LogP contribution in [0.25, 0.3) is 21.8 Å². The molecule has 6 nitrogen and oxygen atoms in total. The van der Waals surface area contributed by atoms with Gasteiger partial charge in [-0.25, -0.2) is 0 Å². The van der Waals surface area contributed by atoms with E-state index in [1.54, 1.807) is 26.0 Å². The largest absolute Gasteiger partial charge is 0.497 e. The molecule has 0 saturated carbocycles. The fraction of sp³-hybridized carbons (Fsp3) is 0.233. The summed E-state index contributed by atoms with van der Waals surface area (Å²) in [6, 6.07) is 20.1. The number of nitrogens with two attached hydrogens (primary N) is 1. The molecular formula is C30H31N3O3S. The molecule has 37 heavy (non-hydrogen) atoms. The average Bonchev–Trinajstić information content (AvgIpc) is 3.53. The number of fused-ring (bicyclic) bond motifs is 2. The SMILES string of the molecule is CCSc1ccccc1C(CC(c1c[nH]c2ccc(OC)cc12)c1c[nH]c2ccc(OC)cc12)C(N)=O. The number of nitrogens with one attached hydrogen (secondary N) is 2. The Balaban J connectivity index is 1.70. The lowest BCUT2D eigenvalue weighted by Crippen LogP contribution is -2.24. The van der Waals surface area contributed by atoms with Gasteiger partial charge in [0, 0.05) is 45.0 Å². The Morgan fingerprint density at radius 3 is 1.95 bits per heavy atom. The molecule has 0 aliphatic rings. The minimum atomic E-state index is -0.466. The molecule has 2 heterocycles. The third-order valence-electron chi connectivity index (χ3n) is 7.00. The zero-order valence-electron chi connectivity index (χ0n) is 21.2. The van der Waals surface area contributed by atoms with Crippen molar-refractivity contribution in [1.29, 1.82) is 0 Å². The highest BCUT2D eigenvalue weighted by molar-refractivity contribution is 7.99. The minimum Gasteiger partial charge on any atom is -0.497 e. The summed E-state index contributed by atoms with van der Waals surface area (Å²) in [5, 5.41) is 2.11. The number of thioether (sulfide) groups is 1. The van der Waals surface area contributed by atoms with Crippen molar-refractivity contribution in [2.75, 3.05) is 20.0 Å². The Morgan fingerprint density at radius 1 is 0.865 bits per heavy atom. The van der Waals surface area contributed by atoms with Gasteiger partial charge < -0.3 is 25.2 Å². The van der Waals surface area contributed by atoms with Crippen molar-refractivity contribution >= 4 is 39.5 Å². The Morgan fingerprint density at radius 2 is 1.43 bits per heavy atom. The van der Waals surface area contributed by atoms with E-state index in [9.17, 15) is 4.79 Å². The van der Waals surface area contributed by atoms with Gasteiger partial charge in [0.05, 0.1) is 20.1 Å². The van der Waals surface area contributed by atoms with Gasteiger partial charge >= 0.3 is 0 Å². The summed E-state index contributed by atoms with van der Waals surface area (Å²) in [5.74, 6) is 1.55. The maximum Gasteiger partial charge on any atom is 0.225 e. The molecule has 0 fully saturated rings. The van der Waals surface area contributed by atoms with Crippen LogP contribution in [0.2, 0.25) is 0 Å². The zero-order valence-corrected chi connectivity index (χ0v) is 22.0. The van der Waals surface area contributed by atoms with Gasteiger partial charge in [-0.1, -0.05) is 25.1 Å². The monoisotopic (exact) mass is 513 g/mol. The van der Waals surface area contributed by atoms with E-state index in [2.05, 4.69) is 23.0 Å². The number of aromatic nitrogens is 2. The Labute approximate surface area is 220 Å². The molecular weight excluding hydrogens is 482 g/mol. The molecule has 0 saturated heterocycles. The Kier molecular flexibility index (Phi) is 7.15. The molecule has 0 radical (unpaired) electrons. The summed E-state index contributed by atoms with van der Waals surface area (Å²) in [5.41, 5.74) is 11.3. The number of rotatable bonds is 10. The van der Waals surface area contributed by atoms with E-state index in [0.717, 1.165) is 60.6 Å². The Bertz CT molecular complexity index is 1470. The normalized spacial score (nSPS) is 12.3. The number of methoxy groups -OCH3 is 2. The summed E-state index contributed by atoms with van der Waals surface area (Å²) in [4.78, 5) is 20.9. The number of hydrogen-bond acceptors (Lipinski definition) is 4. The number of ether oxygens (including phenoxy) is 2. The molecule has 5 aromatic rings. The third kappa shape index (κ3) is 4.79. The molecule has 5 rings (SSSR count). The summed E-state index contributed by atoms with van der Waals surface area (Å²) in [6.45, 7) is 2.11. The van der Waals surface area contributed by atoms with Crippen molar-refractivity contribution in [1.82, 2.24) is 9.97 Å². The number of aromatic amines is 2. The first kappa shape index (κ1) is 24.8. The quantitative estimate of drug-likeness (QED) is 0.184. The smallest absolute Gasteiger partial charge is 0.225 e. The summed E-state index contributed by atoms with van der Waals surface area (Å²) in [7, 11) is 3.34. The topological polar surface area (TPSA) is 93.1 Å². The van der Waals surface area contributed by atoms with Crippen LogP contribution in [-0.4, -0.2) is 35.8 Å². The van der Waals surface area contributed by atoms with E-state index in [-0.39, 0.29) is 11.8 Å². The summed E-state index contributed by atoms with van der Waals surface area (Å²) >= 11 is 1.73. The molecule has 4 N–H and O–H groups in total. The van der Waals surface area contributed by atoms with Crippen molar-refractivity contribution < 1.29 is 14.3 Å². The van der Waals surface area contributed by atoms with Crippen LogP contribution in [0.1, 0.15) is 41.9 Å². The lowest BCUT2D eigenvalue weighted by atomic mass is 9.80. The first-order chi connectivity index (χ1) is 18.0. The van der Waals surface area contributed by atoms with Crippen LogP contribution in [0.15, 0.2) is 78.0 Å². The van der Waals surface area contributed by atoms with E-state index < -0.39 is 5.92 Å². The first-order valence-electron chi connectivity index (χ1n) is 12.3. The fourth-order valence-electron chi connectivity index (χ4n) is 5.18. The van der Waals surface area contributed by atoms with Crippen LogP contribution in [-0.2, 0) is 4.79 Å². The van der Waals surface area contributed by atoms with Gasteiger partial charge in [-0.05, 0) is 71.3 Å². The van der Waals surface area contributed by atoms with Gasteiger partial charge in [-0.2, -0.15) is 0 Å². The molecule has 1 amide bonds. The zero-order chi connectivity index (χ0) is 25.9. The third-order valence-corrected chi connectivity index (χ3v) is 7.97.